The molecule has 0 aliphatic rings. The van der Waals surface area contributed by atoms with Gasteiger partial charge in [0, 0.05) is 46.4 Å². The SMILES string of the molecule is Cc1c[c-]c(-c2cc(-c3ccc(C)s3)cc(-c3nc(C(F)(F)F)n[n-]3)n2)cc1.O=COc1ccnc(-c2cc(OC=O)cc(-c3cc(OC=O)ccn3)n2)c1.[Ru+2]. The third kappa shape index (κ3) is 10.2. The third-order valence-corrected chi connectivity index (χ3v) is 8.42. The van der Waals surface area contributed by atoms with E-state index in [9.17, 15) is 27.6 Å². The average molecular weight is 865 g/mol. The second kappa shape index (κ2) is 18.2. The number of aryl methyl sites for hydroxylation is 2. The maximum absolute atomic E-state index is 12.9. The van der Waals surface area contributed by atoms with E-state index in [4.69, 9.17) is 14.2 Å². The summed E-state index contributed by atoms with van der Waals surface area (Å²) < 4.78 is 53.1. The summed E-state index contributed by atoms with van der Waals surface area (Å²) in [5.41, 5.74) is 4.88. The zero-order valence-electron chi connectivity index (χ0n) is 28.9. The van der Waals surface area contributed by atoms with Crippen molar-refractivity contribution in [1.82, 2.24) is 35.1 Å². The number of benzene rings is 1. The fourth-order valence-corrected chi connectivity index (χ4v) is 5.75. The van der Waals surface area contributed by atoms with Crippen molar-refractivity contribution < 1.29 is 61.2 Å². The minimum absolute atomic E-state index is 0. The summed E-state index contributed by atoms with van der Waals surface area (Å²) in [4.78, 5) is 54.7. The van der Waals surface area contributed by atoms with Crippen molar-refractivity contribution in [3.63, 3.8) is 0 Å². The quantitative estimate of drug-likeness (QED) is 0.0732. The number of hydrogen-bond acceptors (Lipinski definition) is 13. The minimum Gasteiger partial charge on any atom is -0.429 e. The third-order valence-electron chi connectivity index (χ3n) is 7.37. The summed E-state index contributed by atoms with van der Waals surface area (Å²) >= 11 is 1.59. The zero-order valence-corrected chi connectivity index (χ0v) is 31.4. The number of carbonyl (C=O) groups is 3. The number of alkyl halides is 3. The van der Waals surface area contributed by atoms with Gasteiger partial charge in [-0.3, -0.25) is 34.4 Å². The van der Waals surface area contributed by atoms with Crippen molar-refractivity contribution in [1.29, 1.82) is 0 Å². The van der Waals surface area contributed by atoms with Crippen molar-refractivity contribution in [3.05, 3.63) is 114 Å². The first-order valence-electron chi connectivity index (χ1n) is 15.8. The minimum atomic E-state index is -4.65. The van der Waals surface area contributed by atoms with Crippen LogP contribution in [-0.4, -0.2) is 49.4 Å². The summed E-state index contributed by atoms with van der Waals surface area (Å²) in [6.45, 7) is 4.82. The molecular weight excluding hydrogens is 841 g/mol. The number of rotatable bonds is 11. The van der Waals surface area contributed by atoms with Crippen LogP contribution in [0, 0.1) is 19.9 Å². The van der Waals surface area contributed by atoms with Crippen LogP contribution in [0.15, 0.2) is 91.3 Å². The van der Waals surface area contributed by atoms with Crippen molar-refractivity contribution in [2.45, 2.75) is 20.0 Å². The molecule has 0 fully saturated rings. The Balaban J connectivity index is 0.000000211. The average Bonchev–Trinajstić information content (AvgIpc) is 3.86. The number of carbonyl (C=O) groups excluding carboxylic acids is 3. The predicted octanol–water partition coefficient (Wildman–Crippen LogP) is 7.14. The molecule has 0 radical (unpaired) electrons. The van der Waals surface area contributed by atoms with Crippen molar-refractivity contribution in [2.75, 3.05) is 0 Å². The van der Waals surface area contributed by atoms with Gasteiger partial charge in [-0.05, 0) is 54.3 Å². The molecule has 0 atom stereocenters. The van der Waals surface area contributed by atoms with E-state index in [1.807, 2.05) is 50.2 Å². The first-order chi connectivity index (χ1) is 26.5. The topological polar surface area (TPSA) is 170 Å². The molecule has 6 aromatic heterocycles. The molecule has 0 N–H and O–H groups in total. The maximum atomic E-state index is 12.9. The molecule has 0 spiro atoms. The normalized spacial score (nSPS) is 10.7. The molecule has 0 aliphatic carbocycles. The summed E-state index contributed by atoms with van der Waals surface area (Å²) in [5, 5.41) is 6.74. The molecular formula is C38H24F3N7O6RuS. The van der Waals surface area contributed by atoms with Gasteiger partial charge in [0.2, 0.25) is 0 Å². The smallest absolute Gasteiger partial charge is 0.429 e. The van der Waals surface area contributed by atoms with Gasteiger partial charge in [-0.15, -0.1) is 46.7 Å². The molecule has 0 aliphatic heterocycles. The first-order valence-corrected chi connectivity index (χ1v) is 16.6. The Morgan fingerprint density at radius 3 is 1.77 bits per heavy atom. The fraction of sp³-hybridized carbons (Fsp3) is 0.0789. The van der Waals surface area contributed by atoms with Crippen LogP contribution in [0.1, 0.15) is 16.3 Å². The van der Waals surface area contributed by atoms with Crippen LogP contribution in [0.4, 0.5) is 13.2 Å². The number of pyridine rings is 4. The van der Waals surface area contributed by atoms with Crippen molar-refractivity contribution in [2.24, 2.45) is 0 Å². The van der Waals surface area contributed by atoms with Gasteiger partial charge in [0.15, 0.2) is 0 Å². The van der Waals surface area contributed by atoms with Gasteiger partial charge < -0.3 is 24.3 Å². The Morgan fingerprint density at radius 1 is 0.679 bits per heavy atom. The van der Waals surface area contributed by atoms with Crippen LogP contribution in [0.2, 0.25) is 0 Å². The van der Waals surface area contributed by atoms with Crippen LogP contribution in [0.25, 0.3) is 56.0 Å². The van der Waals surface area contributed by atoms with Gasteiger partial charge in [-0.25, -0.2) is 4.98 Å². The van der Waals surface area contributed by atoms with Gasteiger partial charge in [0.05, 0.1) is 28.5 Å². The number of aromatic nitrogens is 7. The molecule has 0 amide bonds. The summed E-state index contributed by atoms with van der Waals surface area (Å²) in [6.07, 6.45) is -1.76. The molecule has 7 rings (SSSR count). The number of nitrogens with zero attached hydrogens (tertiary/aromatic N) is 7. The fourth-order valence-electron chi connectivity index (χ4n) is 4.90. The van der Waals surface area contributed by atoms with Crippen LogP contribution in [0.3, 0.4) is 0 Å². The number of hydrogen-bond donors (Lipinski definition) is 0. The van der Waals surface area contributed by atoms with E-state index in [1.165, 1.54) is 48.8 Å². The van der Waals surface area contributed by atoms with E-state index in [2.05, 4.69) is 41.2 Å². The van der Waals surface area contributed by atoms with Crippen LogP contribution in [-0.2, 0) is 40.0 Å². The second-order valence-corrected chi connectivity index (χ2v) is 12.5. The summed E-state index contributed by atoms with van der Waals surface area (Å²) in [6, 6.07) is 25.3. The van der Waals surface area contributed by atoms with Gasteiger partial charge >= 0.3 is 25.7 Å². The van der Waals surface area contributed by atoms with E-state index in [0.717, 1.165) is 26.4 Å². The molecule has 0 bridgehead atoms. The Labute approximate surface area is 332 Å². The molecule has 7 aromatic rings. The van der Waals surface area contributed by atoms with E-state index in [-0.39, 0.29) is 54.7 Å². The first kappa shape index (κ1) is 40.7. The Bertz CT molecular complexity index is 2410. The van der Waals surface area contributed by atoms with E-state index >= 15 is 0 Å². The molecule has 0 saturated carbocycles. The zero-order chi connectivity index (χ0) is 39.0. The summed E-state index contributed by atoms with van der Waals surface area (Å²) in [5.74, 6) is -0.669. The molecule has 6 heterocycles. The molecule has 282 valence electrons. The molecule has 13 nitrogen and oxygen atoms in total. The van der Waals surface area contributed by atoms with Crippen LogP contribution < -0.4 is 19.3 Å². The van der Waals surface area contributed by atoms with Crippen molar-refractivity contribution in [3.8, 4) is 73.2 Å². The van der Waals surface area contributed by atoms with E-state index < -0.39 is 12.0 Å². The van der Waals surface area contributed by atoms with Gasteiger partial charge in [0.25, 0.3) is 19.4 Å². The van der Waals surface area contributed by atoms with Crippen molar-refractivity contribution >= 4 is 30.8 Å². The monoisotopic (exact) mass is 865 g/mol. The molecule has 0 saturated heterocycles. The number of halogens is 3. The van der Waals surface area contributed by atoms with Gasteiger partial charge in [-0.1, -0.05) is 13.0 Å². The van der Waals surface area contributed by atoms with Crippen LogP contribution in [0.5, 0.6) is 17.2 Å². The molecule has 0 unspecified atom stereocenters. The van der Waals surface area contributed by atoms with Crippen LogP contribution >= 0.6 is 11.3 Å². The van der Waals surface area contributed by atoms with E-state index in [0.29, 0.717) is 41.4 Å². The largest absolute Gasteiger partial charge is 2.00 e. The Morgan fingerprint density at radius 2 is 1.25 bits per heavy atom. The standard InChI is InChI=1S/C20H13F3N4S.C18H11N3O6.Ru/c1-11-3-6-13(7-4-11)15-9-14(17-8-5-12(2)28-17)10-16(24-15)18-25-19(27-26-18)20(21,22)23;22-9-25-12-1-3-19-15(5-12)17-7-14(27-11-24)8-18(21-17)16-6-13(26-10-23)2-4-20-16;/h3-6,8-10H,1-2H3;1-11H;/q-2;;+2. The van der Waals surface area contributed by atoms with Gasteiger partial charge in [-0.2, -0.15) is 13.2 Å². The Kier molecular flexibility index (Phi) is 13.2. The number of thiophene rings is 1. The summed E-state index contributed by atoms with van der Waals surface area (Å²) in [7, 11) is 0. The molecule has 56 heavy (non-hydrogen) atoms. The predicted molar refractivity (Wildman–Crippen MR) is 191 cm³/mol. The molecule has 1 aromatic carbocycles. The Hall–Kier alpha value is -6.52. The number of ether oxygens (including phenoxy) is 3. The maximum Gasteiger partial charge on any atom is 2.00 e. The molecule has 18 heteroatoms. The van der Waals surface area contributed by atoms with E-state index in [1.54, 1.807) is 17.4 Å². The second-order valence-electron chi connectivity index (χ2n) is 11.2. The van der Waals surface area contributed by atoms with Gasteiger partial charge in [0.1, 0.15) is 23.1 Å².